The van der Waals surface area contributed by atoms with Gasteiger partial charge in [-0.15, -0.1) is 0 Å². The van der Waals surface area contributed by atoms with E-state index >= 15 is 0 Å². The van der Waals surface area contributed by atoms with Gasteiger partial charge in [-0.2, -0.15) is 0 Å². The topological polar surface area (TPSA) is 46.2 Å². The number of anilines is 1. The van der Waals surface area contributed by atoms with Gasteiger partial charge in [0.15, 0.2) is 0 Å². The van der Waals surface area contributed by atoms with E-state index in [9.17, 15) is 17.2 Å². The molecule has 0 aliphatic rings. The number of halogens is 3. The summed E-state index contributed by atoms with van der Waals surface area (Å²) in [4.78, 5) is -0.182. The van der Waals surface area contributed by atoms with Crippen LogP contribution in [0.15, 0.2) is 41.3 Å². The quantitative estimate of drug-likeness (QED) is 0.937. The molecule has 0 atom stereocenters. The highest BCUT2D eigenvalue weighted by Crippen LogP contribution is 2.24. The molecule has 0 saturated heterocycles. The zero-order valence-corrected chi connectivity index (χ0v) is 11.9. The van der Waals surface area contributed by atoms with E-state index in [2.05, 4.69) is 4.72 Å². The van der Waals surface area contributed by atoms with Gasteiger partial charge in [-0.05, 0) is 37.3 Å². The van der Waals surface area contributed by atoms with Crippen molar-refractivity contribution in [1.82, 2.24) is 0 Å². The number of hydrogen-bond donors (Lipinski definition) is 1. The summed E-state index contributed by atoms with van der Waals surface area (Å²) in [6.45, 7) is 1.36. The molecule has 0 aliphatic carbocycles. The Kier molecular flexibility index (Phi) is 3.96. The second kappa shape index (κ2) is 5.38. The largest absolute Gasteiger partial charge is 0.280 e. The van der Waals surface area contributed by atoms with Gasteiger partial charge in [-0.25, -0.2) is 17.2 Å². The van der Waals surface area contributed by atoms with Crippen molar-refractivity contribution in [1.29, 1.82) is 0 Å². The van der Waals surface area contributed by atoms with Crippen molar-refractivity contribution in [2.75, 3.05) is 4.72 Å². The predicted molar refractivity (Wildman–Crippen MR) is 73.4 cm³/mol. The van der Waals surface area contributed by atoms with Gasteiger partial charge in [-0.3, -0.25) is 4.72 Å². The summed E-state index contributed by atoms with van der Waals surface area (Å²) in [5.41, 5.74) is 0.105. The van der Waals surface area contributed by atoms with Crippen molar-refractivity contribution in [3.05, 3.63) is 58.6 Å². The Morgan fingerprint density at radius 3 is 2.45 bits per heavy atom. The van der Waals surface area contributed by atoms with Crippen LogP contribution >= 0.6 is 11.6 Å². The van der Waals surface area contributed by atoms with Crippen LogP contribution in [0.3, 0.4) is 0 Å². The zero-order valence-electron chi connectivity index (χ0n) is 10.3. The minimum atomic E-state index is -3.97. The van der Waals surface area contributed by atoms with E-state index in [1.165, 1.54) is 31.2 Å². The summed E-state index contributed by atoms with van der Waals surface area (Å²) in [6, 6.07) is 7.17. The van der Waals surface area contributed by atoms with Crippen LogP contribution in [-0.4, -0.2) is 8.42 Å². The van der Waals surface area contributed by atoms with Crippen molar-refractivity contribution >= 4 is 27.3 Å². The highest BCUT2D eigenvalue weighted by atomic mass is 35.5. The molecule has 0 aromatic heterocycles. The van der Waals surface area contributed by atoms with E-state index in [-0.39, 0.29) is 21.2 Å². The summed E-state index contributed by atoms with van der Waals surface area (Å²) in [6.07, 6.45) is 0. The monoisotopic (exact) mass is 317 g/mol. The molecule has 1 N–H and O–H groups in total. The molecule has 7 heteroatoms. The molecular weight excluding hydrogens is 308 g/mol. The molecule has 0 fully saturated rings. The van der Waals surface area contributed by atoms with Crippen LogP contribution in [0.5, 0.6) is 0 Å². The van der Waals surface area contributed by atoms with Crippen LogP contribution in [0.1, 0.15) is 5.56 Å². The lowest BCUT2D eigenvalue weighted by atomic mass is 10.2. The van der Waals surface area contributed by atoms with Gasteiger partial charge < -0.3 is 0 Å². The maximum Gasteiger partial charge on any atom is 0.262 e. The first-order valence-corrected chi connectivity index (χ1v) is 7.40. The fourth-order valence-electron chi connectivity index (χ4n) is 1.65. The molecule has 3 nitrogen and oxygen atoms in total. The smallest absolute Gasteiger partial charge is 0.262 e. The van der Waals surface area contributed by atoms with Gasteiger partial charge in [0.2, 0.25) is 0 Å². The first kappa shape index (κ1) is 14.7. The lowest BCUT2D eigenvalue weighted by Gasteiger charge is -2.11. The minimum Gasteiger partial charge on any atom is -0.280 e. The van der Waals surface area contributed by atoms with Crippen molar-refractivity contribution < 1.29 is 17.2 Å². The van der Waals surface area contributed by atoms with Gasteiger partial charge in [0.1, 0.15) is 11.6 Å². The van der Waals surface area contributed by atoms with Gasteiger partial charge in [-0.1, -0.05) is 17.7 Å². The van der Waals surface area contributed by atoms with Crippen molar-refractivity contribution in [2.45, 2.75) is 11.8 Å². The minimum absolute atomic E-state index is 0.00760. The fourth-order valence-corrected chi connectivity index (χ4v) is 3.13. The van der Waals surface area contributed by atoms with E-state index in [4.69, 9.17) is 11.6 Å². The maximum atomic E-state index is 13.4. The average molecular weight is 318 g/mol. The first-order valence-electron chi connectivity index (χ1n) is 5.54. The molecule has 2 aromatic carbocycles. The van der Waals surface area contributed by atoms with Crippen molar-refractivity contribution in [3.8, 4) is 0 Å². The molecule has 0 saturated carbocycles. The summed E-state index contributed by atoms with van der Waals surface area (Å²) in [7, 11) is -3.97. The summed E-state index contributed by atoms with van der Waals surface area (Å²) in [5, 5.41) is -0.207. The Hall–Kier alpha value is -1.66. The van der Waals surface area contributed by atoms with Crippen LogP contribution in [0.4, 0.5) is 14.5 Å². The zero-order chi connectivity index (χ0) is 14.9. The summed E-state index contributed by atoms with van der Waals surface area (Å²) >= 11 is 5.58. The van der Waals surface area contributed by atoms with Crippen LogP contribution in [0, 0.1) is 18.6 Å². The molecule has 0 aliphatic heterocycles. The second-order valence-electron chi connectivity index (χ2n) is 4.10. The first-order chi connectivity index (χ1) is 9.31. The third-order valence-corrected chi connectivity index (χ3v) is 4.49. The van der Waals surface area contributed by atoms with E-state index in [0.29, 0.717) is 0 Å². The van der Waals surface area contributed by atoms with Crippen LogP contribution in [0.25, 0.3) is 0 Å². The van der Waals surface area contributed by atoms with Crippen molar-refractivity contribution in [2.24, 2.45) is 0 Å². The molecule has 0 spiro atoms. The third-order valence-electron chi connectivity index (χ3n) is 2.68. The number of benzene rings is 2. The fraction of sp³-hybridized carbons (Fsp3) is 0.0769. The Bertz CT molecular complexity index is 763. The highest BCUT2D eigenvalue weighted by Gasteiger charge is 2.19. The molecule has 0 amide bonds. The van der Waals surface area contributed by atoms with Gasteiger partial charge in [0.05, 0.1) is 15.6 Å². The maximum absolute atomic E-state index is 13.4. The van der Waals surface area contributed by atoms with Crippen molar-refractivity contribution in [3.63, 3.8) is 0 Å². The molecular formula is C13H10ClF2NO2S. The number of hydrogen-bond acceptors (Lipinski definition) is 2. The molecule has 2 rings (SSSR count). The predicted octanol–water partition coefficient (Wildman–Crippen LogP) is 3.73. The number of sulfonamides is 1. The van der Waals surface area contributed by atoms with Crippen LogP contribution < -0.4 is 4.72 Å². The third kappa shape index (κ3) is 2.91. The lowest BCUT2D eigenvalue weighted by Crippen LogP contribution is -2.14. The molecule has 106 valence electrons. The SMILES string of the molecule is Cc1c(F)cccc1S(=O)(=O)Nc1ccc(F)c(Cl)c1. The van der Waals surface area contributed by atoms with Gasteiger partial charge in [0, 0.05) is 5.56 Å². The number of nitrogens with one attached hydrogen (secondary N) is 1. The lowest BCUT2D eigenvalue weighted by molar-refractivity contribution is 0.590. The molecule has 0 unspecified atom stereocenters. The van der Waals surface area contributed by atoms with Gasteiger partial charge >= 0.3 is 0 Å². The van der Waals surface area contributed by atoms with E-state index in [1.54, 1.807) is 0 Å². The number of rotatable bonds is 3. The molecule has 0 radical (unpaired) electrons. The summed E-state index contributed by atoms with van der Waals surface area (Å²) in [5.74, 6) is -1.28. The Morgan fingerprint density at radius 2 is 1.80 bits per heavy atom. The highest BCUT2D eigenvalue weighted by molar-refractivity contribution is 7.92. The molecule has 0 bridgehead atoms. The molecule has 2 aromatic rings. The van der Waals surface area contributed by atoms with Crippen LogP contribution in [-0.2, 0) is 10.0 Å². The Balaban J connectivity index is 2.41. The van der Waals surface area contributed by atoms with E-state index in [1.807, 2.05) is 0 Å². The van der Waals surface area contributed by atoms with E-state index < -0.39 is 21.7 Å². The second-order valence-corrected chi connectivity index (χ2v) is 6.16. The average Bonchev–Trinajstić information content (AvgIpc) is 2.36. The standard InChI is InChI=1S/C13H10ClF2NO2S/c1-8-11(15)3-2-4-13(8)20(18,19)17-9-5-6-12(16)10(14)7-9/h2-7,17H,1H3. The molecule has 0 heterocycles. The Labute approximate surface area is 120 Å². The summed E-state index contributed by atoms with van der Waals surface area (Å²) < 4.78 is 53.0. The molecule has 20 heavy (non-hydrogen) atoms. The Morgan fingerprint density at radius 1 is 1.10 bits per heavy atom. The van der Waals surface area contributed by atoms with Gasteiger partial charge in [0.25, 0.3) is 10.0 Å². The normalized spacial score (nSPS) is 11.4. The van der Waals surface area contributed by atoms with E-state index in [0.717, 1.165) is 12.1 Å². The van der Waals surface area contributed by atoms with Crippen LogP contribution in [0.2, 0.25) is 5.02 Å².